The number of nitrogens with zero attached hydrogens (tertiary/aromatic N) is 4. The molecule has 24 heavy (non-hydrogen) atoms. The molecule has 0 aliphatic carbocycles. The van der Waals surface area contributed by atoms with E-state index in [9.17, 15) is 0 Å². The van der Waals surface area contributed by atoms with Crippen molar-refractivity contribution in [1.82, 2.24) is 19.3 Å². The summed E-state index contributed by atoms with van der Waals surface area (Å²) in [5.41, 5.74) is 2.34. The SMILES string of the molecule is c1coc(CCn2ccnc2-c2ccccc2Cn2cccn2)c1. The number of rotatable bonds is 6. The van der Waals surface area contributed by atoms with Crippen molar-refractivity contribution in [2.75, 3.05) is 0 Å². The van der Waals surface area contributed by atoms with Gasteiger partial charge in [0.25, 0.3) is 0 Å². The molecule has 5 nitrogen and oxygen atoms in total. The van der Waals surface area contributed by atoms with Crippen LogP contribution >= 0.6 is 0 Å². The molecule has 0 unspecified atom stereocenters. The quantitative estimate of drug-likeness (QED) is 0.545. The summed E-state index contributed by atoms with van der Waals surface area (Å²) in [6, 6.07) is 14.2. The van der Waals surface area contributed by atoms with E-state index in [4.69, 9.17) is 4.42 Å². The summed E-state index contributed by atoms with van der Waals surface area (Å²) in [4.78, 5) is 4.58. The van der Waals surface area contributed by atoms with Crippen molar-refractivity contribution in [1.29, 1.82) is 0 Å². The Morgan fingerprint density at radius 3 is 2.75 bits per heavy atom. The molecule has 0 saturated heterocycles. The summed E-state index contributed by atoms with van der Waals surface area (Å²) in [6.07, 6.45) is 10.2. The van der Waals surface area contributed by atoms with Crippen LogP contribution in [0.15, 0.2) is 77.9 Å². The van der Waals surface area contributed by atoms with Crippen LogP contribution < -0.4 is 0 Å². The molecular formula is C19H18N4O. The molecule has 0 fully saturated rings. The van der Waals surface area contributed by atoms with Gasteiger partial charge in [0.15, 0.2) is 0 Å². The Hall–Kier alpha value is -3.08. The molecule has 0 aliphatic heterocycles. The summed E-state index contributed by atoms with van der Waals surface area (Å²) in [7, 11) is 0. The molecule has 0 saturated carbocycles. The first-order valence-electron chi connectivity index (χ1n) is 7.99. The van der Waals surface area contributed by atoms with Gasteiger partial charge in [0, 0.05) is 43.3 Å². The highest BCUT2D eigenvalue weighted by Gasteiger charge is 2.11. The molecule has 0 radical (unpaired) electrons. The van der Waals surface area contributed by atoms with Crippen molar-refractivity contribution in [2.24, 2.45) is 0 Å². The molecule has 120 valence electrons. The minimum absolute atomic E-state index is 0.730. The first kappa shape index (κ1) is 14.5. The van der Waals surface area contributed by atoms with Gasteiger partial charge < -0.3 is 8.98 Å². The van der Waals surface area contributed by atoms with Crippen LogP contribution in [0.25, 0.3) is 11.4 Å². The number of furan rings is 1. The molecule has 0 bridgehead atoms. The fourth-order valence-electron chi connectivity index (χ4n) is 2.86. The van der Waals surface area contributed by atoms with Crippen LogP contribution in [0.1, 0.15) is 11.3 Å². The summed E-state index contributed by atoms with van der Waals surface area (Å²) in [5, 5.41) is 4.30. The molecule has 5 heteroatoms. The highest BCUT2D eigenvalue weighted by atomic mass is 16.3. The van der Waals surface area contributed by atoms with Crippen molar-refractivity contribution in [3.05, 3.63) is 84.8 Å². The van der Waals surface area contributed by atoms with Crippen LogP contribution in [-0.4, -0.2) is 19.3 Å². The molecule has 0 N–H and O–H groups in total. The van der Waals surface area contributed by atoms with Crippen molar-refractivity contribution >= 4 is 0 Å². The number of benzene rings is 1. The van der Waals surface area contributed by atoms with Gasteiger partial charge in [-0.05, 0) is 23.8 Å². The van der Waals surface area contributed by atoms with Gasteiger partial charge in [0.2, 0.25) is 0 Å². The van der Waals surface area contributed by atoms with E-state index in [1.165, 1.54) is 5.56 Å². The summed E-state index contributed by atoms with van der Waals surface area (Å²) < 4.78 is 9.52. The molecule has 0 aliphatic rings. The standard InChI is InChI=1S/C19H18N4O/c1-2-7-18(16(5-1)15-23-11-4-9-21-23)19-20-10-13-22(19)12-8-17-6-3-14-24-17/h1-7,9-11,13-14H,8,12,15H2. The Labute approximate surface area is 140 Å². The molecule has 0 amide bonds. The van der Waals surface area contributed by atoms with E-state index in [1.807, 2.05) is 47.5 Å². The fraction of sp³-hybridized carbons (Fsp3) is 0.158. The molecule has 4 rings (SSSR count). The van der Waals surface area contributed by atoms with E-state index < -0.39 is 0 Å². The fourth-order valence-corrected chi connectivity index (χ4v) is 2.86. The van der Waals surface area contributed by atoms with Gasteiger partial charge in [-0.3, -0.25) is 4.68 Å². The Kier molecular flexibility index (Phi) is 3.98. The van der Waals surface area contributed by atoms with E-state index in [-0.39, 0.29) is 0 Å². The van der Waals surface area contributed by atoms with Gasteiger partial charge >= 0.3 is 0 Å². The molecule has 3 aromatic heterocycles. The van der Waals surface area contributed by atoms with Gasteiger partial charge in [0.1, 0.15) is 11.6 Å². The first-order chi connectivity index (χ1) is 11.9. The third-order valence-corrected chi connectivity index (χ3v) is 4.04. The average molecular weight is 318 g/mol. The van der Waals surface area contributed by atoms with Gasteiger partial charge in [-0.25, -0.2) is 4.98 Å². The normalized spacial score (nSPS) is 11.0. The van der Waals surface area contributed by atoms with E-state index >= 15 is 0 Å². The lowest BCUT2D eigenvalue weighted by Crippen LogP contribution is -2.06. The number of aromatic nitrogens is 4. The van der Waals surface area contributed by atoms with Gasteiger partial charge in [-0.2, -0.15) is 5.10 Å². The zero-order chi connectivity index (χ0) is 16.2. The Morgan fingerprint density at radius 2 is 1.92 bits per heavy atom. The minimum atomic E-state index is 0.730. The monoisotopic (exact) mass is 318 g/mol. The maximum absolute atomic E-state index is 5.43. The molecule has 4 aromatic rings. The second-order valence-electron chi connectivity index (χ2n) is 5.63. The second kappa shape index (κ2) is 6.58. The molecule has 3 heterocycles. The lowest BCUT2D eigenvalue weighted by atomic mass is 10.1. The largest absolute Gasteiger partial charge is 0.469 e. The number of imidazole rings is 1. The Morgan fingerprint density at radius 1 is 0.958 bits per heavy atom. The van der Waals surface area contributed by atoms with Gasteiger partial charge in [-0.1, -0.05) is 24.3 Å². The summed E-state index contributed by atoms with van der Waals surface area (Å²) in [6.45, 7) is 1.56. The third-order valence-electron chi connectivity index (χ3n) is 4.04. The smallest absolute Gasteiger partial charge is 0.140 e. The van der Waals surface area contributed by atoms with Crippen molar-refractivity contribution in [3.63, 3.8) is 0 Å². The van der Waals surface area contributed by atoms with Crippen LogP contribution in [-0.2, 0) is 19.5 Å². The lowest BCUT2D eigenvalue weighted by molar-refractivity contribution is 0.492. The van der Waals surface area contributed by atoms with Gasteiger partial charge in [0.05, 0.1) is 12.8 Å². The van der Waals surface area contributed by atoms with E-state index in [0.717, 1.165) is 36.7 Å². The minimum Gasteiger partial charge on any atom is -0.469 e. The van der Waals surface area contributed by atoms with E-state index in [1.54, 1.807) is 12.5 Å². The topological polar surface area (TPSA) is 48.8 Å². The lowest BCUT2D eigenvalue weighted by Gasteiger charge is -2.12. The Bertz CT molecular complexity index is 891. The molecule has 0 atom stereocenters. The first-order valence-corrected chi connectivity index (χ1v) is 7.99. The van der Waals surface area contributed by atoms with Crippen LogP contribution in [0.4, 0.5) is 0 Å². The number of aryl methyl sites for hydroxylation is 2. The van der Waals surface area contributed by atoms with E-state index in [2.05, 4.69) is 32.8 Å². The molecular weight excluding hydrogens is 300 g/mol. The zero-order valence-corrected chi connectivity index (χ0v) is 13.2. The second-order valence-corrected chi connectivity index (χ2v) is 5.63. The van der Waals surface area contributed by atoms with Gasteiger partial charge in [-0.15, -0.1) is 0 Å². The van der Waals surface area contributed by atoms with Crippen LogP contribution in [0.5, 0.6) is 0 Å². The maximum Gasteiger partial charge on any atom is 0.140 e. The maximum atomic E-state index is 5.43. The van der Waals surface area contributed by atoms with Crippen LogP contribution in [0.3, 0.4) is 0 Å². The highest BCUT2D eigenvalue weighted by Crippen LogP contribution is 2.23. The average Bonchev–Trinajstić information content (AvgIpc) is 3.36. The summed E-state index contributed by atoms with van der Waals surface area (Å²) >= 11 is 0. The predicted molar refractivity (Wildman–Crippen MR) is 91.4 cm³/mol. The highest BCUT2D eigenvalue weighted by molar-refractivity contribution is 5.60. The third kappa shape index (κ3) is 3.01. The van der Waals surface area contributed by atoms with Crippen molar-refractivity contribution < 1.29 is 4.42 Å². The zero-order valence-electron chi connectivity index (χ0n) is 13.2. The van der Waals surface area contributed by atoms with Crippen molar-refractivity contribution in [3.8, 4) is 11.4 Å². The molecule has 1 aromatic carbocycles. The van der Waals surface area contributed by atoms with E-state index in [0.29, 0.717) is 0 Å². The Balaban J connectivity index is 1.61. The van der Waals surface area contributed by atoms with Crippen molar-refractivity contribution in [2.45, 2.75) is 19.5 Å². The predicted octanol–water partition coefficient (Wildman–Crippen LogP) is 3.63. The van der Waals surface area contributed by atoms with Crippen LogP contribution in [0.2, 0.25) is 0 Å². The summed E-state index contributed by atoms with van der Waals surface area (Å²) in [5.74, 6) is 1.96. The van der Waals surface area contributed by atoms with Crippen LogP contribution in [0, 0.1) is 0 Å². The number of hydrogen-bond acceptors (Lipinski definition) is 3. The number of hydrogen-bond donors (Lipinski definition) is 0. The molecule has 0 spiro atoms.